The molecule has 6 heteroatoms. The van der Waals surface area contributed by atoms with E-state index in [1.165, 1.54) is 0 Å². The highest BCUT2D eigenvalue weighted by Gasteiger charge is 2.11. The van der Waals surface area contributed by atoms with E-state index in [0.29, 0.717) is 23.2 Å². The van der Waals surface area contributed by atoms with E-state index in [4.69, 9.17) is 10.3 Å². The van der Waals surface area contributed by atoms with Gasteiger partial charge in [-0.05, 0) is 25.2 Å². The Balaban J connectivity index is 2.03. The van der Waals surface area contributed by atoms with Crippen LogP contribution < -0.4 is 5.73 Å². The van der Waals surface area contributed by atoms with Crippen molar-refractivity contribution in [2.45, 2.75) is 20.3 Å². The van der Waals surface area contributed by atoms with E-state index in [1.807, 2.05) is 6.07 Å². The zero-order chi connectivity index (χ0) is 13.7. The van der Waals surface area contributed by atoms with E-state index in [0.717, 1.165) is 26.1 Å². The van der Waals surface area contributed by atoms with Crippen LogP contribution >= 0.6 is 0 Å². The van der Waals surface area contributed by atoms with Crippen molar-refractivity contribution < 1.29 is 4.52 Å². The molecule has 0 aromatic carbocycles. The summed E-state index contributed by atoms with van der Waals surface area (Å²) in [7, 11) is 0. The average Bonchev–Trinajstić information content (AvgIpc) is 2.89. The van der Waals surface area contributed by atoms with Gasteiger partial charge in [0, 0.05) is 13.0 Å². The lowest BCUT2D eigenvalue weighted by molar-refractivity contribution is 0.303. The monoisotopic (exact) mass is 261 g/mol. The van der Waals surface area contributed by atoms with Crippen LogP contribution in [0.4, 0.5) is 5.82 Å². The minimum atomic E-state index is 0.418. The third kappa shape index (κ3) is 3.51. The van der Waals surface area contributed by atoms with Crippen molar-refractivity contribution in [1.29, 1.82) is 0 Å². The Bertz CT molecular complexity index is 521. The van der Waals surface area contributed by atoms with Crippen LogP contribution in [0.25, 0.3) is 11.6 Å². The minimum Gasteiger partial charge on any atom is -0.384 e. The number of hydrogen-bond donors (Lipinski definition) is 1. The SMILES string of the molecule is CCN(CC)CCc1noc(-c2cccc(N)n2)n1. The first-order chi connectivity index (χ1) is 9.22. The molecule has 102 valence electrons. The molecule has 0 fully saturated rings. The summed E-state index contributed by atoms with van der Waals surface area (Å²) in [6, 6.07) is 5.34. The number of nitrogen functional groups attached to an aromatic ring is 1. The molecule has 2 aromatic heterocycles. The molecule has 0 bridgehead atoms. The van der Waals surface area contributed by atoms with E-state index < -0.39 is 0 Å². The van der Waals surface area contributed by atoms with E-state index in [9.17, 15) is 0 Å². The second-order valence-corrected chi connectivity index (χ2v) is 4.24. The van der Waals surface area contributed by atoms with Gasteiger partial charge in [0.25, 0.3) is 5.89 Å². The number of aromatic nitrogens is 3. The number of nitrogens with two attached hydrogens (primary N) is 1. The minimum absolute atomic E-state index is 0.418. The molecular weight excluding hydrogens is 242 g/mol. The Labute approximate surface area is 112 Å². The third-order valence-electron chi connectivity index (χ3n) is 3.00. The summed E-state index contributed by atoms with van der Waals surface area (Å²) < 4.78 is 5.21. The Hall–Kier alpha value is -1.95. The van der Waals surface area contributed by atoms with Crippen LogP contribution in [0.15, 0.2) is 22.7 Å². The molecule has 0 amide bonds. The van der Waals surface area contributed by atoms with Crippen molar-refractivity contribution in [1.82, 2.24) is 20.0 Å². The first kappa shape index (κ1) is 13.5. The predicted octanol–water partition coefficient (Wildman–Crippen LogP) is 1.60. The van der Waals surface area contributed by atoms with E-state index in [1.54, 1.807) is 12.1 Å². The molecule has 0 saturated carbocycles. The summed E-state index contributed by atoms with van der Waals surface area (Å²) in [4.78, 5) is 10.8. The van der Waals surface area contributed by atoms with Gasteiger partial charge in [0.05, 0.1) is 0 Å². The standard InChI is InChI=1S/C13H19N5O/c1-3-18(4-2)9-8-12-16-13(19-17-12)10-6-5-7-11(14)15-10/h5-7H,3-4,8-9H2,1-2H3,(H2,14,15). The Kier molecular flexibility index (Phi) is 4.46. The van der Waals surface area contributed by atoms with Crippen LogP contribution in [0.5, 0.6) is 0 Å². The maximum Gasteiger partial charge on any atom is 0.276 e. The molecule has 0 aliphatic rings. The van der Waals surface area contributed by atoms with Gasteiger partial charge < -0.3 is 15.2 Å². The van der Waals surface area contributed by atoms with Crippen LogP contribution in [0, 0.1) is 0 Å². The number of rotatable bonds is 6. The molecule has 2 N–H and O–H groups in total. The van der Waals surface area contributed by atoms with Gasteiger partial charge in [0.15, 0.2) is 5.82 Å². The summed E-state index contributed by atoms with van der Waals surface area (Å²) in [5, 5.41) is 3.97. The molecule has 2 rings (SSSR count). The summed E-state index contributed by atoms with van der Waals surface area (Å²) >= 11 is 0. The fraction of sp³-hybridized carbons (Fsp3) is 0.462. The van der Waals surface area contributed by atoms with Gasteiger partial charge in [0.1, 0.15) is 11.5 Å². The fourth-order valence-electron chi connectivity index (χ4n) is 1.83. The highest BCUT2D eigenvalue weighted by molar-refractivity contribution is 5.49. The van der Waals surface area contributed by atoms with Gasteiger partial charge in [-0.2, -0.15) is 4.98 Å². The fourth-order valence-corrected chi connectivity index (χ4v) is 1.83. The number of anilines is 1. The summed E-state index contributed by atoms with van der Waals surface area (Å²) in [6.45, 7) is 7.26. The van der Waals surface area contributed by atoms with Crippen molar-refractivity contribution in [3.05, 3.63) is 24.0 Å². The molecule has 2 aromatic rings. The molecule has 0 spiro atoms. The summed E-state index contributed by atoms with van der Waals surface area (Å²) in [5.74, 6) is 1.56. The highest BCUT2D eigenvalue weighted by Crippen LogP contribution is 2.15. The molecule has 19 heavy (non-hydrogen) atoms. The zero-order valence-electron chi connectivity index (χ0n) is 11.3. The lowest BCUT2D eigenvalue weighted by atomic mass is 10.3. The Morgan fingerprint density at radius 3 is 2.68 bits per heavy atom. The van der Waals surface area contributed by atoms with Crippen LogP contribution in [0.1, 0.15) is 19.7 Å². The zero-order valence-corrected chi connectivity index (χ0v) is 11.3. The summed E-state index contributed by atoms with van der Waals surface area (Å²) in [6.07, 6.45) is 0.771. The first-order valence-electron chi connectivity index (χ1n) is 6.50. The highest BCUT2D eigenvalue weighted by atomic mass is 16.5. The van der Waals surface area contributed by atoms with Gasteiger partial charge in [-0.1, -0.05) is 25.1 Å². The van der Waals surface area contributed by atoms with E-state index in [2.05, 4.69) is 33.9 Å². The van der Waals surface area contributed by atoms with Crippen LogP contribution in [0.2, 0.25) is 0 Å². The molecule has 6 nitrogen and oxygen atoms in total. The van der Waals surface area contributed by atoms with Crippen LogP contribution in [-0.2, 0) is 6.42 Å². The quantitative estimate of drug-likeness (QED) is 0.850. The third-order valence-corrected chi connectivity index (χ3v) is 3.00. The molecule has 0 aliphatic heterocycles. The van der Waals surface area contributed by atoms with Crippen molar-refractivity contribution in [2.24, 2.45) is 0 Å². The maximum absolute atomic E-state index is 5.63. The van der Waals surface area contributed by atoms with Crippen molar-refractivity contribution >= 4 is 5.82 Å². The molecule has 2 heterocycles. The van der Waals surface area contributed by atoms with Crippen molar-refractivity contribution in [3.63, 3.8) is 0 Å². The number of nitrogens with zero attached hydrogens (tertiary/aromatic N) is 4. The summed E-state index contributed by atoms with van der Waals surface area (Å²) in [5.41, 5.74) is 6.24. The molecule has 0 aliphatic carbocycles. The molecular formula is C13H19N5O. The molecule has 0 radical (unpaired) electrons. The normalized spacial score (nSPS) is 11.1. The van der Waals surface area contributed by atoms with Crippen LogP contribution in [-0.4, -0.2) is 39.7 Å². The van der Waals surface area contributed by atoms with Gasteiger partial charge in [-0.3, -0.25) is 0 Å². The molecule has 0 unspecified atom stereocenters. The number of likely N-dealkylation sites (N-methyl/N-ethyl adjacent to an activating group) is 1. The second-order valence-electron chi connectivity index (χ2n) is 4.24. The van der Waals surface area contributed by atoms with Gasteiger partial charge in [0.2, 0.25) is 0 Å². The number of pyridine rings is 1. The smallest absolute Gasteiger partial charge is 0.276 e. The van der Waals surface area contributed by atoms with Gasteiger partial charge >= 0.3 is 0 Å². The molecule has 0 atom stereocenters. The van der Waals surface area contributed by atoms with Gasteiger partial charge in [-0.25, -0.2) is 4.98 Å². The lowest BCUT2D eigenvalue weighted by Crippen LogP contribution is -2.25. The van der Waals surface area contributed by atoms with Crippen LogP contribution in [0.3, 0.4) is 0 Å². The van der Waals surface area contributed by atoms with E-state index in [-0.39, 0.29) is 0 Å². The number of hydrogen-bond acceptors (Lipinski definition) is 6. The second kappa shape index (κ2) is 6.29. The lowest BCUT2D eigenvalue weighted by Gasteiger charge is -2.16. The van der Waals surface area contributed by atoms with Crippen molar-refractivity contribution in [3.8, 4) is 11.6 Å². The predicted molar refractivity (Wildman–Crippen MR) is 73.4 cm³/mol. The average molecular weight is 261 g/mol. The Morgan fingerprint density at radius 2 is 2.00 bits per heavy atom. The van der Waals surface area contributed by atoms with Gasteiger partial charge in [-0.15, -0.1) is 0 Å². The van der Waals surface area contributed by atoms with E-state index >= 15 is 0 Å². The topological polar surface area (TPSA) is 81.1 Å². The maximum atomic E-state index is 5.63. The molecule has 0 saturated heterocycles. The largest absolute Gasteiger partial charge is 0.384 e. The van der Waals surface area contributed by atoms with Crippen molar-refractivity contribution in [2.75, 3.05) is 25.4 Å². The first-order valence-corrected chi connectivity index (χ1v) is 6.50. The Morgan fingerprint density at radius 1 is 1.21 bits per heavy atom.